The van der Waals surface area contributed by atoms with Crippen LogP contribution >= 0.6 is 0 Å². The predicted molar refractivity (Wildman–Crippen MR) is 56.0 cm³/mol. The molecular weight excluding hydrogens is 160 g/mol. The average molecular weight is 182 g/mol. The summed E-state index contributed by atoms with van der Waals surface area (Å²) in [6, 6.07) is 2.51. The van der Waals surface area contributed by atoms with Crippen molar-refractivity contribution < 1.29 is 0 Å². The van der Waals surface area contributed by atoms with E-state index in [1.54, 1.807) is 0 Å². The number of nitrogens with two attached hydrogens (primary N) is 1. The fourth-order valence-electron chi connectivity index (χ4n) is 1.37. The Morgan fingerprint density at radius 2 is 1.69 bits per heavy atom. The highest BCUT2D eigenvalue weighted by Crippen LogP contribution is 2.18. The lowest BCUT2D eigenvalue weighted by molar-refractivity contribution is 0.375. The molecule has 0 aromatic carbocycles. The van der Waals surface area contributed by atoms with Crippen molar-refractivity contribution in [3.8, 4) is 6.07 Å². The lowest BCUT2D eigenvalue weighted by Crippen LogP contribution is -2.29. The Labute approximate surface area is 82.1 Å². The summed E-state index contributed by atoms with van der Waals surface area (Å²) in [6.07, 6.45) is 1.81. The predicted octanol–water partition coefficient (Wildman–Crippen LogP) is 2.55. The van der Waals surface area contributed by atoms with Gasteiger partial charge in [-0.2, -0.15) is 5.26 Å². The molecule has 0 spiro atoms. The van der Waals surface area contributed by atoms with Crippen molar-refractivity contribution in [3.63, 3.8) is 0 Å². The first-order valence-electron chi connectivity index (χ1n) is 5.12. The van der Waals surface area contributed by atoms with Crippen LogP contribution in [0.5, 0.6) is 0 Å². The normalized spacial score (nSPS) is 15.8. The lowest BCUT2D eigenvalue weighted by Gasteiger charge is -2.19. The second-order valence-corrected chi connectivity index (χ2v) is 4.60. The smallest absolute Gasteiger partial charge is 0.0656 e. The van der Waals surface area contributed by atoms with Gasteiger partial charge in [0.25, 0.3) is 0 Å². The minimum Gasteiger partial charge on any atom is -0.327 e. The molecule has 0 aromatic rings. The SMILES string of the molecule is CC(C)CC(C#N)CC(N)C(C)C. The molecule has 0 amide bonds. The molecule has 0 radical (unpaired) electrons. The first-order valence-corrected chi connectivity index (χ1v) is 5.12. The Morgan fingerprint density at radius 3 is 2.00 bits per heavy atom. The number of hydrogen-bond acceptors (Lipinski definition) is 2. The molecule has 0 aliphatic heterocycles. The Balaban J connectivity index is 3.92. The average Bonchev–Trinajstić information content (AvgIpc) is 2.02. The number of rotatable bonds is 5. The topological polar surface area (TPSA) is 49.8 Å². The van der Waals surface area contributed by atoms with E-state index < -0.39 is 0 Å². The lowest BCUT2D eigenvalue weighted by atomic mass is 9.89. The van der Waals surface area contributed by atoms with Crippen molar-refractivity contribution in [1.29, 1.82) is 5.26 Å². The van der Waals surface area contributed by atoms with Crippen molar-refractivity contribution in [2.24, 2.45) is 23.5 Å². The molecule has 0 heterocycles. The van der Waals surface area contributed by atoms with Crippen LogP contribution in [0.2, 0.25) is 0 Å². The van der Waals surface area contributed by atoms with E-state index in [-0.39, 0.29) is 12.0 Å². The molecule has 76 valence electrons. The molecule has 13 heavy (non-hydrogen) atoms. The van der Waals surface area contributed by atoms with Gasteiger partial charge in [0.1, 0.15) is 0 Å². The van der Waals surface area contributed by atoms with Crippen molar-refractivity contribution in [2.45, 2.75) is 46.6 Å². The maximum absolute atomic E-state index is 8.90. The Bertz CT molecular complexity index is 167. The monoisotopic (exact) mass is 182 g/mol. The highest BCUT2D eigenvalue weighted by molar-refractivity contribution is 4.86. The first kappa shape index (κ1) is 12.4. The van der Waals surface area contributed by atoms with Gasteiger partial charge in [-0.3, -0.25) is 0 Å². The molecule has 0 saturated heterocycles. The molecule has 0 aromatic heterocycles. The van der Waals surface area contributed by atoms with E-state index in [1.165, 1.54) is 0 Å². The first-order chi connectivity index (χ1) is 5.97. The van der Waals surface area contributed by atoms with Crippen LogP contribution in [0.25, 0.3) is 0 Å². The molecule has 2 nitrogen and oxygen atoms in total. The molecule has 0 bridgehead atoms. The Kier molecular flexibility index (Phi) is 5.73. The molecule has 2 atom stereocenters. The van der Waals surface area contributed by atoms with E-state index in [1.807, 2.05) is 0 Å². The van der Waals surface area contributed by atoms with Crippen LogP contribution in [-0.4, -0.2) is 6.04 Å². The summed E-state index contributed by atoms with van der Waals surface area (Å²) in [5.41, 5.74) is 5.92. The van der Waals surface area contributed by atoms with Crippen LogP contribution in [0.3, 0.4) is 0 Å². The zero-order chi connectivity index (χ0) is 10.4. The van der Waals surface area contributed by atoms with Gasteiger partial charge in [0, 0.05) is 12.0 Å². The van der Waals surface area contributed by atoms with Gasteiger partial charge in [-0.15, -0.1) is 0 Å². The van der Waals surface area contributed by atoms with Gasteiger partial charge < -0.3 is 5.73 Å². The van der Waals surface area contributed by atoms with Crippen molar-refractivity contribution >= 4 is 0 Å². The maximum atomic E-state index is 8.90. The molecular formula is C11H22N2. The second-order valence-electron chi connectivity index (χ2n) is 4.60. The van der Waals surface area contributed by atoms with E-state index in [9.17, 15) is 0 Å². The van der Waals surface area contributed by atoms with Crippen molar-refractivity contribution in [1.82, 2.24) is 0 Å². The molecule has 2 heteroatoms. The summed E-state index contributed by atoms with van der Waals surface area (Å²) < 4.78 is 0. The zero-order valence-corrected chi connectivity index (χ0v) is 9.25. The zero-order valence-electron chi connectivity index (χ0n) is 9.25. The third-order valence-corrected chi connectivity index (χ3v) is 2.35. The van der Waals surface area contributed by atoms with Gasteiger partial charge in [-0.1, -0.05) is 27.7 Å². The molecule has 0 fully saturated rings. The van der Waals surface area contributed by atoms with E-state index in [2.05, 4.69) is 33.8 Å². The molecule has 0 saturated carbocycles. The Hall–Kier alpha value is -0.550. The fraction of sp³-hybridized carbons (Fsp3) is 0.909. The highest BCUT2D eigenvalue weighted by atomic mass is 14.6. The second kappa shape index (κ2) is 5.99. The van der Waals surface area contributed by atoms with Gasteiger partial charge >= 0.3 is 0 Å². The van der Waals surface area contributed by atoms with Crippen LogP contribution in [0.15, 0.2) is 0 Å². The van der Waals surface area contributed by atoms with E-state index >= 15 is 0 Å². The largest absolute Gasteiger partial charge is 0.327 e. The van der Waals surface area contributed by atoms with Crippen LogP contribution in [0.1, 0.15) is 40.5 Å². The summed E-state index contributed by atoms with van der Waals surface area (Å²) in [6.45, 7) is 8.50. The number of hydrogen-bond donors (Lipinski definition) is 1. The Morgan fingerprint density at radius 1 is 1.15 bits per heavy atom. The summed E-state index contributed by atoms with van der Waals surface area (Å²) in [5, 5.41) is 8.90. The summed E-state index contributed by atoms with van der Waals surface area (Å²) in [7, 11) is 0. The summed E-state index contributed by atoms with van der Waals surface area (Å²) in [5.74, 6) is 1.20. The van der Waals surface area contributed by atoms with Gasteiger partial charge in [0.05, 0.1) is 6.07 Å². The van der Waals surface area contributed by atoms with Crippen molar-refractivity contribution in [2.75, 3.05) is 0 Å². The molecule has 0 rings (SSSR count). The third kappa shape index (κ3) is 5.65. The molecule has 2 unspecified atom stereocenters. The van der Waals surface area contributed by atoms with E-state index in [4.69, 9.17) is 11.0 Å². The molecule has 2 N–H and O–H groups in total. The number of nitrogens with zero attached hydrogens (tertiary/aromatic N) is 1. The van der Waals surface area contributed by atoms with E-state index in [0.717, 1.165) is 12.8 Å². The van der Waals surface area contributed by atoms with Gasteiger partial charge in [0.15, 0.2) is 0 Å². The third-order valence-electron chi connectivity index (χ3n) is 2.35. The maximum Gasteiger partial charge on any atom is 0.0656 e. The van der Waals surface area contributed by atoms with Crippen molar-refractivity contribution in [3.05, 3.63) is 0 Å². The molecule has 0 aliphatic carbocycles. The van der Waals surface area contributed by atoms with E-state index in [0.29, 0.717) is 11.8 Å². The van der Waals surface area contributed by atoms with Gasteiger partial charge in [-0.05, 0) is 24.7 Å². The molecule has 0 aliphatic rings. The quantitative estimate of drug-likeness (QED) is 0.710. The minimum absolute atomic E-state index is 0.136. The van der Waals surface area contributed by atoms with Crippen LogP contribution in [0.4, 0.5) is 0 Å². The number of nitriles is 1. The summed E-state index contributed by atoms with van der Waals surface area (Å²) >= 11 is 0. The fourth-order valence-corrected chi connectivity index (χ4v) is 1.37. The van der Waals surface area contributed by atoms with Gasteiger partial charge in [-0.25, -0.2) is 0 Å². The minimum atomic E-state index is 0.136. The highest BCUT2D eigenvalue weighted by Gasteiger charge is 2.16. The van der Waals surface area contributed by atoms with Crippen LogP contribution < -0.4 is 5.73 Å². The summed E-state index contributed by atoms with van der Waals surface area (Å²) in [4.78, 5) is 0. The standard InChI is InChI=1S/C11H22N2/c1-8(2)5-10(7-12)6-11(13)9(3)4/h8-11H,5-6,13H2,1-4H3. The van der Waals surface area contributed by atoms with Gasteiger partial charge in [0.2, 0.25) is 0 Å². The van der Waals surface area contributed by atoms with Crippen LogP contribution in [-0.2, 0) is 0 Å². The van der Waals surface area contributed by atoms with Crippen LogP contribution in [0, 0.1) is 29.1 Å².